The highest BCUT2D eigenvalue weighted by Crippen LogP contribution is 2.21. The van der Waals surface area contributed by atoms with Crippen LogP contribution in [0.5, 0.6) is 0 Å². The number of aromatic nitrogens is 2. The van der Waals surface area contributed by atoms with E-state index in [2.05, 4.69) is 22.0 Å². The minimum absolute atomic E-state index is 0.0547. The smallest absolute Gasteiger partial charge is 0.330 e. The van der Waals surface area contributed by atoms with Gasteiger partial charge in [0.25, 0.3) is 5.56 Å². The summed E-state index contributed by atoms with van der Waals surface area (Å²) in [6.45, 7) is 6.39. The maximum absolute atomic E-state index is 13.3. The van der Waals surface area contributed by atoms with Crippen molar-refractivity contribution < 1.29 is 4.79 Å². The summed E-state index contributed by atoms with van der Waals surface area (Å²) in [6, 6.07) is 8.25. The van der Waals surface area contributed by atoms with Crippen molar-refractivity contribution in [3.63, 3.8) is 0 Å². The molecule has 8 heteroatoms. The Labute approximate surface area is 176 Å². The van der Waals surface area contributed by atoms with Crippen molar-refractivity contribution in [3.05, 3.63) is 56.2 Å². The fourth-order valence-electron chi connectivity index (χ4n) is 3.93. The molecule has 1 aliphatic heterocycles. The van der Waals surface area contributed by atoms with Gasteiger partial charge in [-0.25, -0.2) is 4.79 Å². The topological polar surface area (TPSA) is 104 Å². The van der Waals surface area contributed by atoms with E-state index >= 15 is 0 Å². The molecule has 3 rings (SSSR count). The molecule has 0 radical (unpaired) electrons. The number of nitrogens with two attached hydrogens (primary N) is 1. The molecule has 8 nitrogen and oxygen atoms in total. The minimum Gasteiger partial charge on any atom is -0.383 e. The summed E-state index contributed by atoms with van der Waals surface area (Å²) in [5.41, 5.74) is 7.68. The number of amides is 1. The van der Waals surface area contributed by atoms with Crippen LogP contribution in [-0.4, -0.2) is 40.0 Å². The van der Waals surface area contributed by atoms with Crippen molar-refractivity contribution in [2.45, 2.75) is 52.6 Å². The number of anilines is 2. The Morgan fingerprint density at radius 2 is 1.90 bits per heavy atom. The third-order valence-electron chi connectivity index (χ3n) is 5.54. The van der Waals surface area contributed by atoms with Gasteiger partial charge in [-0.3, -0.25) is 24.0 Å². The van der Waals surface area contributed by atoms with Gasteiger partial charge in [-0.05, 0) is 30.4 Å². The number of aromatic amines is 1. The van der Waals surface area contributed by atoms with E-state index in [-0.39, 0.29) is 24.0 Å². The number of rotatable bonds is 8. The Bertz CT molecular complexity index is 1010. The summed E-state index contributed by atoms with van der Waals surface area (Å²) in [5.74, 6) is -0.124. The number of hydrogen-bond acceptors (Lipinski definition) is 5. The molecule has 0 saturated carbocycles. The van der Waals surface area contributed by atoms with E-state index in [1.165, 1.54) is 20.6 Å². The third kappa shape index (κ3) is 4.64. The van der Waals surface area contributed by atoms with Gasteiger partial charge in [-0.15, -0.1) is 0 Å². The molecule has 0 spiro atoms. The number of nitrogens with zero attached hydrogens (tertiary/aromatic N) is 3. The van der Waals surface area contributed by atoms with Gasteiger partial charge in [-0.2, -0.15) is 0 Å². The first-order valence-electron chi connectivity index (χ1n) is 10.7. The van der Waals surface area contributed by atoms with Crippen molar-refractivity contribution in [3.8, 4) is 0 Å². The first kappa shape index (κ1) is 21.8. The maximum atomic E-state index is 13.3. The van der Waals surface area contributed by atoms with Crippen molar-refractivity contribution in [1.29, 1.82) is 0 Å². The highest BCUT2D eigenvalue weighted by molar-refractivity contribution is 5.96. The molecule has 162 valence electrons. The average molecular weight is 414 g/mol. The molecule has 1 aromatic carbocycles. The normalized spacial score (nSPS) is 13.8. The summed E-state index contributed by atoms with van der Waals surface area (Å²) in [4.78, 5) is 43.9. The molecule has 0 fully saturated rings. The lowest BCUT2D eigenvalue weighted by Crippen LogP contribution is -2.46. The van der Waals surface area contributed by atoms with Crippen LogP contribution in [-0.2, 0) is 24.3 Å². The third-order valence-corrected chi connectivity index (χ3v) is 5.54. The van der Waals surface area contributed by atoms with Crippen LogP contribution in [0.25, 0.3) is 0 Å². The van der Waals surface area contributed by atoms with E-state index in [0.29, 0.717) is 26.1 Å². The molecule has 0 bridgehead atoms. The lowest BCUT2D eigenvalue weighted by molar-refractivity contribution is -0.120. The number of H-pyrrole nitrogens is 1. The summed E-state index contributed by atoms with van der Waals surface area (Å²) in [5, 5.41) is 0. The maximum Gasteiger partial charge on any atom is 0.330 e. The molecule has 0 aliphatic carbocycles. The van der Waals surface area contributed by atoms with Crippen LogP contribution in [0.15, 0.2) is 33.9 Å². The molecule has 1 amide bonds. The Morgan fingerprint density at radius 1 is 1.17 bits per heavy atom. The van der Waals surface area contributed by atoms with E-state index in [9.17, 15) is 14.4 Å². The summed E-state index contributed by atoms with van der Waals surface area (Å²) in [6.07, 6.45) is 3.18. The fourth-order valence-corrected chi connectivity index (χ4v) is 3.93. The van der Waals surface area contributed by atoms with Gasteiger partial charge in [0.2, 0.25) is 5.91 Å². The standard InChI is InChI=1S/C22H31N5O3/c1-3-5-12-26(19-20(23)27(11-4-2)22(30)24-21(19)29)18(28)15-25-13-10-16-8-6-7-9-17(16)14-25/h6-9H,3-5,10-15,23H2,1-2H3,(H,24,29,30). The second kappa shape index (κ2) is 9.75. The van der Waals surface area contributed by atoms with Gasteiger partial charge in [0, 0.05) is 26.2 Å². The van der Waals surface area contributed by atoms with Crippen LogP contribution < -0.4 is 21.9 Å². The zero-order valence-corrected chi connectivity index (χ0v) is 17.8. The zero-order chi connectivity index (χ0) is 21.7. The number of nitrogen functional groups attached to an aromatic ring is 1. The number of nitrogens with one attached hydrogen (secondary N) is 1. The molecular weight excluding hydrogens is 382 g/mol. The lowest BCUT2D eigenvalue weighted by Gasteiger charge is -2.31. The van der Waals surface area contributed by atoms with Crippen LogP contribution in [0.1, 0.15) is 44.2 Å². The largest absolute Gasteiger partial charge is 0.383 e. The van der Waals surface area contributed by atoms with Gasteiger partial charge in [-0.1, -0.05) is 44.5 Å². The molecule has 1 aromatic heterocycles. The molecule has 1 aliphatic rings. The van der Waals surface area contributed by atoms with E-state index < -0.39 is 11.2 Å². The number of unbranched alkanes of at least 4 members (excludes halogenated alkanes) is 1. The molecule has 0 unspecified atom stereocenters. The molecule has 30 heavy (non-hydrogen) atoms. The number of fused-ring (bicyclic) bond motifs is 1. The highest BCUT2D eigenvalue weighted by atomic mass is 16.2. The van der Waals surface area contributed by atoms with Crippen LogP contribution in [0, 0.1) is 0 Å². The van der Waals surface area contributed by atoms with E-state index in [0.717, 1.165) is 25.8 Å². The molecular formula is C22H31N5O3. The minimum atomic E-state index is -0.613. The van der Waals surface area contributed by atoms with Crippen LogP contribution in [0.2, 0.25) is 0 Å². The van der Waals surface area contributed by atoms with Crippen LogP contribution in [0.3, 0.4) is 0 Å². The molecule has 0 atom stereocenters. The molecule has 2 aromatic rings. The SMILES string of the molecule is CCCCN(C(=O)CN1CCc2ccccc2C1)c1c(N)n(CCC)c(=O)[nH]c1=O. The fraction of sp³-hybridized carbons (Fsp3) is 0.500. The number of benzene rings is 1. The Morgan fingerprint density at radius 3 is 2.60 bits per heavy atom. The second-order valence-electron chi connectivity index (χ2n) is 7.77. The van der Waals surface area contributed by atoms with Crippen molar-refractivity contribution >= 4 is 17.4 Å². The van der Waals surface area contributed by atoms with E-state index in [1.807, 2.05) is 26.0 Å². The predicted octanol–water partition coefficient (Wildman–Crippen LogP) is 1.72. The van der Waals surface area contributed by atoms with E-state index in [4.69, 9.17) is 5.73 Å². The Kier molecular flexibility index (Phi) is 7.10. The van der Waals surface area contributed by atoms with Gasteiger partial charge in [0.15, 0.2) is 5.69 Å². The second-order valence-corrected chi connectivity index (χ2v) is 7.77. The average Bonchev–Trinajstić information content (AvgIpc) is 2.73. The Balaban J connectivity index is 1.88. The van der Waals surface area contributed by atoms with Crippen molar-refractivity contribution in [1.82, 2.24) is 14.5 Å². The van der Waals surface area contributed by atoms with Crippen LogP contribution in [0.4, 0.5) is 11.5 Å². The van der Waals surface area contributed by atoms with Crippen molar-refractivity contribution in [2.75, 3.05) is 30.3 Å². The summed E-state index contributed by atoms with van der Waals surface area (Å²) >= 11 is 0. The lowest BCUT2D eigenvalue weighted by atomic mass is 10.00. The van der Waals surface area contributed by atoms with Crippen LogP contribution >= 0.6 is 0 Å². The number of hydrogen-bond donors (Lipinski definition) is 2. The van der Waals surface area contributed by atoms with Gasteiger partial charge in [0.05, 0.1) is 6.54 Å². The number of carbonyl (C=O) groups excluding carboxylic acids is 1. The molecule has 0 saturated heterocycles. The number of carbonyl (C=O) groups is 1. The Hall–Kier alpha value is -2.87. The molecule has 3 N–H and O–H groups in total. The quantitative estimate of drug-likeness (QED) is 0.686. The van der Waals surface area contributed by atoms with Gasteiger partial charge < -0.3 is 10.6 Å². The molecule has 2 heterocycles. The highest BCUT2D eigenvalue weighted by Gasteiger charge is 2.26. The van der Waals surface area contributed by atoms with E-state index in [1.54, 1.807) is 0 Å². The first-order valence-corrected chi connectivity index (χ1v) is 10.7. The first-order chi connectivity index (χ1) is 14.5. The summed E-state index contributed by atoms with van der Waals surface area (Å²) in [7, 11) is 0. The monoisotopic (exact) mass is 413 g/mol. The summed E-state index contributed by atoms with van der Waals surface area (Å²) < 4.78 is 1.33. The van der Waals surface area contributed by atoms with Gasteiger partial charge in [0.1, 0.15) is 5.82 Å². The predicted molar refractivity (Wildman–Crippen MR) is 119 cm³/mol. The zero-order valence-electron chi connectivity index (χ0n) is 17.8. The van der Waals surface area contributed by atoms with Crippen molar-refractivity contribution in [2.24, 2.45) is 0 Å². The van der Waals surface area contributed by atoms with Gasteiger partial charge >= 0.3 is 5.69 Å².